The van der Waals surface area contributed by atoms with Crippen LogP contribution in [-0.2, 0) is 41.9 Å². The van der Waals surface area contributed by atoms with E-state index in [4.69, 9.17) is 19.7 Å². The van der Waals surface area contributed by atoms with Crippen LogP contribution in [0.15, 0.2) is 60.7 Å². The fraction of sp³-hybridized carbons (Fsp3) is 0.385. The van der Waals surface area contributed by atoms with Crippen molar-refractivity contribution >= 4 is 23.9 Å². The summed E-state index contributed by atoms with van der Waals surface area (Å²) in [5.74, 6) is -2.22. The van der Waals surface area contributed by atoms with Crippen LogP contribution in [0.5, 0.6) is 0 Å². The Labute approximate surface area is 199 Å². The second kappa shape index (κ2) is 17.8. The van der Waals surface area contributed by atoms with Gasteiger partial charge in [0.2, 0.25) is 0 Å². The minimum absolute atomic E-state index is 0.0628. The molecule has 2 rings (SSSR count). The average molecular weight is 473 g/mol. The van der Waals surface area contributed by atoms with Crippen molar-refractivity contribution < 1.29 is 38.9 Å². The summed E-state index contributed by atoms with van der Waals surface area (Å²) in [5, 5.41) is 16.3. The number of benzene rings is 2. The van der Waals surface area contributed by atoms with E-state index in [-0.39, 0.29) is 24.8 Å². The van der Waals surface area contributed by atoms with Crippen LogP contribution in [0.2, 0.25) is 0 Å². The number of rotatable bonds is 14. The van der Waals surface area contributed by atoms with Gasteiger partial charge in [-0.2, -0.15) is 0 Å². The number of aliphatic carboxylic acids is 2. The first-order chi connectivity index (χ1) is 16.4. The van der Waals surface area contributed by atoms with Crippen molar-refractivity contribution in [1.29, 1.82) is 0 Å². The van der Waals surface area contributed by atoms with Gasteiger partial charge in [-0.25, -0.2) is 0 Å². The van der Waals surface area contributed by atoms with Crippen LogP contribution in [0, 0.1) is 0 Å². The molecule has 8 nitrogen and oxygen atoms in total. The summed E-state index contributed by atoms with van der Waals surface area (Å²) in [6.45, 7) is 0.581. The van der Waals surface area contributed by atoms with Crippen molar-refractivity contribution in [2.75, 3.05) is 0 Å². The largest absolute Gasteiger partial charge is 0.481 e. The summed E-state index contributed by atoms with van der Waals surface area (Å²) in [6.07, 6.45) is 2.89. The number of hydrogen-bond donors (Lipinski definition) is 2. The SMILES string of the molecule is O=C(CCCCC(=O)OCc1ccccc1)OCc1ccccc1.O=C(O)CCCCC(=O)O. The third-order valence-corrected chi connectivity index (χ3v) is 4.53. The number of carboxylic acids is 2. The van der Waals surface area contributed by atoms with E-state index in [2.05, 4.69) is 0 Å². The fourth-order valence-corrected chi connectivity index (χ4v) is 2.71. The lowest BCUT2D eigenvalue weighted by Crippen LogP contribution is -2.06. The minimum atomic E-state index is -0.870. The lowest BCUT2D eigenvalue weighted by Gasteiger charge is -2.06. The molecule has 0 fully saturated rings. The van der Waals surface area contributed by atoms with Gasteiger partial charge in [0.1, 0.15) is 13.2 Å². The highest BCUT2D eigenvalue weighted by Crippen LogP contribution is 2.07. The molecule has 0 saturated heterocycles. The number of carboxylic acid groups (broad SMARTS) is 2. The highest BCUT2D eigenvalue weighted by molar-refractivity contribution is 5.70. The number of unbranched alkanes of at least 4 members (excludes halogenated alkanes) is 2. The average Bonchev–Trinajstić information content (AvgIpc) is 2.83. The van der Waals surface area contributed by atoms with Crippen LogP contribution >= 0.6 is 0 Å². The Morgan fingerprint density at radius 3 is 1.18 bits per heavy atom. The maximum absolute atomic E-state index is 11.6. The minimum Gasteiger partial charge on any atom is -0.481 e. The molecule has 0 heterocycles. The molecule has 0 aliphatic carbocycles. The van der Waals surface area contributed by atoms with Gasteiger partial charge in [-0.3, -0.25) is 19.2 Å². The molecular formula is C26H32O8. The summed E-state index contributed by atoms with van der Waals surface area (Å²) in [6, 6.07) is 19.1. The Kier molecular flexibility index (Phi) is 14.9. The maximum Gasteiger partial charge on any atom is 0.306 e. The van der Waals surface area contributed by atoms with Crippen LogP contribution in [0.25, 0.3) is 0 Å². The molecule has 0 aliphatic rings. The molecule has 0 aliphatic heterocycles. The molecule has 2 aromatic rings. The first kappa shape index (κ1) is 28.4. The maximum atomic E-state index is 11.6. The van der Waals surface area contributed by atoms with Crippen molar-refractivity contribution in [3.63, 3.8) is 0 Å². The first-order valence-electron chi connectivity index (χ1n) is 11.2. The van der Waals surface area contributed by atoms with Gasteiger partial charge in [-0.05, 0) is 36.8 Å². The van der Waals surface area contributed by atoms with Crippen LogP contribution in [0.4, 0.5) is 0 Å². The van der Waals surface area contributed by atoms with Crippen molar-refractivity contribution in [2.45, 2.75) is 64.6 Å². The highest BCUT2D eigenvalue weighted by Gasteiger charge is 2.07. The predicted octanol–water partition coefficient (Wildman–Crippen LogP) is 4.75. The Morgan fingerprint density at radius 2 is 0.853 bits per heavy atom. The van der Waals surface area contributed by atoms with Gasteiger partial charge in [0.05, 0.1) is 0 Å². The van der Waals surface area contributed by atoms with Crippen molar-refractivity contribution in [3.8, 4) is 0 Å². The topological polar surface area (TPSA) is 127 Å². The molecule has 184 valence electrons. The van der Waals surface area contributed by atoms with E-state index < -0.39 is 11.9 Å². The smallest absolute Gasteiger partial charge is 0.306 e. The van der Waals surface area contributed by atoms with Crippen molar-refractivity contribution in [1.82, 2.24) is 0 Å². The number of carbonyl (C=O) groups is 4. The molecule has 0 atom stereocenters. The van der Waals surface area contributed by atoms with Crippen LogP contribution in [-0.4, -0.2) is 34.1 Å². The zero-order valence-corrected chi connectivity index (χ0v) is 19.2. The van der Waals surface area contributed by atoms with Crippen LogP contribution in [0.3, 0.4) is 0 Å². The van der Waals surface area contributed by atoms with Gasteiger partial charge in [0.15, 0.2) is 0 Å². The van der Waals surface area contributed by atoms with E-state index in [9.17, 15) is 19.2 Å². The summed E-state index contributed by atoms with van der Waals surface area (Å²) < 4.78 is 10.4. The number of hydrogen-bond acceptors (Lipinski definition) is 6. The van der Waals surface area contributed by atoms with Crippen molar-refractivity contribution in [2.24, 2.45) is 0 Å². The monoisotopic (exact) mass is 472 g/mol. The molecule has 8 heteroatoms. The summed E-state index contributed by atoms with van der Waals surface area (Å²) >= 11 is 0. The Balaban J connectivity index is 0.000000489. The van der Waals surface area contributed by atoms with Gasteiger partial charge < -0.3 is 19.7 Å². The second-order valence-corrected chi connectivity index (χ2v) is 7.49. The molecule has 0 amide bonds. The second-order valence-electron chi connectivity index (χ2n) is 7.49. The molecule has 0 saturated carbocycles. The third-order valence-electron chi connectivity index (χ3n) is 4.53. The lowest BCUT2D eigenvalue weighted by molar-refractivity contribution is -0.147. The predicted molar refractivity (Wildman–Crippen MR) is 125 cm³/mol. The summed E-state index contributed by atoms with van der Waals surface area (Å²) in [7, 11) is 0. The van der Waals surface area contributed by atoms with Crippen LogP contribution < -0.4 is 0 Å². The summed E-state index contributed by atoms with van der Waals surface area (Å²) in [4.78, 5) is 43.1. The number of ether oxygens (including phenoxy) is 2. The molecule has 0 aromatic heterocycles. The standard InChI is InChI=1S/C20H22O4.C6H10O4/c21-19(23-15-17-9-3-1-4-10-17)13-7-8-14-20(22)24-16-18-11-5-2-6-12-18;7-5(8)3-1-2-4-6(9)10/h1-6,9-12H,7-8,13-16H2;1-4H2,(H,7,8)(H,9,10). The normalized spacial score (nSPS) is 9.88. The number of carbonyl (C=O) groups excluding carboxylic acids is 2. The molecule has 2 aromatic carbocycles. The molecular weight excluding hydrogens is 440 g/mol. The van der Waals surface area contributed by atoms with Gasteiger partial charge in [0.25, 0.3) is 0 Å². The van der Waals surface area contributed by atoms with Gasteiger partial charge in [0, 0.05) is 25.7 Å². The molecule has 0 bridgehead atoms. The molecule has 0 unspecified atom stereocenters. The zero-order chi connectivity index (χ0) is 25.0. The molecule has 0 radical (unpaired) electrons. The Hall–Kier alpha value is -3.68. The van der Waals surface area contributed by atoms with Crippen molar-refractivity contribution in [3.05, 3.63) is 71.8 Å². The van der Waals surface area contributed by atoms with Crippen LogP contribution in [0.1, 0.15) is 62.5 Å². The first-order valence-corrected chi connectivity index (χ1v) is 11.2. The molecule has 2 N–H and O–H groups in total. The van der Waals surface area contributed by atoms with E-state index in [1.807, 2.05) is 60.7 Å². The third kappa shape index (κ3) is 16.0. The zero-order valence-electron chi connectivity index (χ0n) is 19.2. The fourth-order valence-electron chi connectivity index (χ4n) is 2.71. The summed E-state index contributed by atoms with van der Waals surface area (Å²) in [5.41, 5.74) is 1.94. The quantitative estimate of drug-likeness (QED) is 0.298. The number of esters is 2. The van der Waals surface area contributed by atoms with E-state index in [1.54, 1.807) is 0 Å². The highest BCUT2D eigenvalue weighted by atomic mass is 16.5. The molecule has 34 heavy (non-hydrogen) atoms. The van der Waals surface area contributed by atoms with E-state index in [0.717, 1.165) is 11.1 Å². The van der Waals surface area contributed by atoms with E-state index in [1.165, 1.54) is 0 Å². The lowest BCUT2D eigenvalue weighted by atomic mass is 10.2. The Bertz CT molecular complexity index is 791. The van der Waals surface area contributed by atoms with Gasteiger partial charge in [-0.15, -0.1) is 0 Å². The van der Waals surface area contributed by atoms with E-state index in [0.29, 0.717) is 51.7 Å². The van der Waals surface area contributed by atoms with Gasteiger partial charge >= 0.3 is 23.9 Å². The van der Waals surface area contributed by atoms with Gasteiger partial charge in [-0.1, -0.05) is 60.7 Å². The Morgan fingerprint density at radius 1 is 0.529 bits per heavy atom. The molecule has 0 spiro atoms. The van der Waals surface area contributed by atoms with E-state index >= 15 is 0 Å².